The molecule has 0 fully saturated rings. The van der Waals surface area contributed by atoms with Crippen LogP contribution in [-0.4, -0.2) is 21.6 Å². The lowest BCUT2D eigenvalue weighted by molar-refractivity contribution is -0.114. The van der Waals surface area contributed by atoms with Crippen LogP contribution in [-0.2, 0) is 4.79 Å². The highest BCUT2D eigenvalue weighted by Gasteiger charge is 2.13. The van der Waals surface area contributed by atoms with Gasteiger partial charge in [0.05, 0.1) is 0 Å². The summed E-state index contributed by atoms with van der Waals surface area (Å²) in [6.45, 7) is 1.47. The van der Waals surface area contributed by atoms with E-state index in [9.17, 15) is 9.59 Å². The second-order valence-corrected chi connectivity index (χ2v) is 6.22. The van der Waals surface area contributed by atoms with E-state index in [1.165, 1.54) is 30.0 Å². The molecule has 0 aliphatic heterocycles. The third kappa shape index (κ3) is 2.84. The molecule has 3 aromatic rings. The van der Waals surface area contributed by atoms with E-state index in [1.54, 1.807) is 4.40 Å². The number of imidazole rings is 1. The van der Waals surface area contributed by atoms with Crippen molar-refractivity contribution in [1.82, 2.24) is 9.38 Å². The van der Waals surface area contributed by atoms with Crippen LogP contribution >= 0.6 is 23.1 Å². The number of amides is 1. The van der Waals surface area contributed by atoms with Crippen LogP contribution in [0.5, 0.6) is 0 Å². The molecule has 1 aromatic carbocycles. The van der Waals surface area contributed by atoms with E-state index in [2.05, 4.69) is 10.3 Å². The number of benzene rings is 1. The average Bonchev–Trinajstić information content (AvgIpc) is 3.00. The minimum atomic E-state index is -0.104. The molecule has 3 rings (SSSR count). The Hall–Kier alpha value is -2.12. The quantitative estimate of drug-likeness (QED) is 0.750. The molecule has 2 heterocycles. The molecule has 0 saturated carbocycles. The summed E-state index contributed by atoms with van der Waals surface area (Å²) < 4.78 is 1.78. The summed E-state index contributed by atoms with van der Waals surface area (Å²) in [5, 5.41) is 5.29. The first-order chi connectivity index (χ1) is 10.2. The van der Waals surface area contributed by atoms with E-state index in [-0.39, 0.29) is 5.91 Å². The Balaban J connectivity index is 1.86. The predicted octanol–water partition coefficient (Wildman–Crippen LogP) is 3.32. The summed E-state index contributed by atoms with van der Waals surface area (Å²) in [5.74, 6) is -0.104. The van der Waals surface area contributed by atoms with Crippen molar-refractivity contribution >= 4 is 45.9 Å². The minimum absolute atomic E-state index is 0.104. The fourth-order valence-electron chi connectivity index (χ4n) is 1.89. The van der Waals surface area contributed by atoms with Crippen molar-refractivity contribution in [2.75, 3.05) is 5.32 Å². The zero-order chi connectivity index (χ0) is 14.8. The number of nitrogens with zero attached hydrogens (tertiary/aromatic N) is 2. The Morgan fingerprint density at radius 2 is 2.14 bits per heavy atom. The molecular formula is C14H11N3O2S2. The number of carbonyl (C=O) groups is 2. The van der Waals surface area contributed by atoms with Crippen LogP contribution in [0.1, 0.15) is 17.4 Å². The second-order valence-electron chi connectivity index (χ2n) is 4.28. The molecule has 7 heteroatoms. The largest absolute Gasteiger partial charge is 0.326 e. The van der Waals surface area contributed by atoms with Crippen molar-refractivity contribution in [1.29, 1.82) is 0 Å². The average molecular weight is 317 g/mol. The normalized spacial score (nSPS) is 10.7. The van der Waals surface area contributed by atoms with Crippen molar-refractivity contribution in [2.45, 2.75) is 16.8 Å². The molecule has 1 amide bonds. The number of nitrogens with one attached hydrogen (secondary N) is 1. The number of aromatic nitrogens is 2. The lowest BCUT2D eigenvalue weighted by atomic mass is 10.3. The van der Waals surface area contributed by atoms with Crippen molar-refractivity contribution < 1.29 is 9.59 Å². The Labute approximate surface area is 129 Å². The molecule has 0 atom stereocenters. The van der Waals surface area contributed by atoms with Gasteiger partial charge in [-0.15, -0.1) is 11.3 Å². The molecule has 5 nitrogen and oxygen atoms in total. The summed E-state index contributed by atoms with van der Waals surface area (Å²) in [6, 6.07) is 7.42. The lowest BCUT2D eigenvalue weighted by Gasteiger charge is -2.03. The first-order valence-electron chi connectivity index (χ1n) is 6.13. The highest BCUT2D eigenvalue weighted by molar-refractivity contribution is 7.99. The molecular weight excluding hydrogens is 306 g/mol. The van der Waals surface area contributed by atoms with Crippen molar-refractivity contribution in [3.05, 3.63) is 41.5 Å². The SMILES string of the molecule is CC(=O)Nc1ccc(Sc2nc3sccn3c2C=O)cc1. The van der Waals surface area contributed by atoms with E-state index in [4.69, 9.17) is 0 Å². The Morgan fingerprint density at radius 3 is 2.81 bits per heavy atom. The van der Waals surface area contributed by atoms with Crippen LogP contribution in [0, 0.1) is 0 Å². The standard InChI is InChI=1S/C14H11N3O2S2/c1-9(19)15-10-2-4-11(5-3-10)21-13-12(8-18)17-6-7-20-14(17)16-13/h2-8H,1H3,(H,15,19). The van der Waals surface area contributed by atoms with Gasteiger partial charge in [0.25, 0.3) is 0 Å². The smallest absolute Gasteiger partial charge is 0.221 e. The molecule has 0 spiro atoms. The van der Waals surface area contributed by atoms with Crippen LogP contribution in [0.15, 0.2) is 45.8 Å². The summed E-state index contributed by atoms with van der Waals surface area (Å²) in [4.78, 5) is 28.4. The van der Waals surface area contributed by atoms with Gasteiger partial charge >= 0.3 is 0 Å². The van der Waals surface area contributed by atoms with Crippen LogP contribution in [0.25, 0.3) is 4.96 Å². The van der Waals surface area contributed by atoms with Crippen molar-refractivity contribution in [3.63, 3.8) is 0 Å². The lowest BCUT2D eigenvalue weighted by Crippen LogP contribution is -2.05. The molecule has 21 heavy (non-hydrogen) atoms. The van der Waals surface area contributed by atoms with Crippen LogP contribution < -0.4 is 5.32 Å². The van der Waals surface area contributed by atoms with Gasteiger partial charge in [-0.25, -0.2) is 4.98 Å². The second kappa shape index (κ2) is 5.71. The third-order valence-corrected chi connectivity index (χ3v) is 4.52. The fourth-order valence-corrected chi connectivity index (χ4v) is 3.54. The third-order valence-electron chi connectivity index (χ3n) is 2.77. The number of rotatable bonds is 4. The predicted molar refractivity (Wildman–Crippen MR) is 83.3 cm³/mol. The summed E-state index contributed by atoms with van der Waals surface area (Å²) in [7, 11) is 0. The monoisotopic (exact) mass is 317 g/mol. The number of aldehydes is 1. The van der Waals surface area contributed by atoms with Gasteiger partial charge in [0.2, 0.25) is 5.91 Å². The molecule has 106 valence electrons. The van der Waals surface area contributed by atoms with E-state index < -0.39 is 0 Å². The van der Waals surface area contributed by atoms with Gasteiger partial charge in [0.1, 0.15) is 10.7 Å². The van der Waals surface area contributed by atoms with Gasteiger partial charge in [-0.05, 0) is 24.3 Å². The fraction of sp³-hybridized carbons (Fsp3) is 0.0714. The van der Waals surface area contributed by atoms with Gasteiger partial charge in [0.15, 0.2) is 11.2 Å². The zero-order valence-corrected chi connectivity index (χ0v) is 12.7. The van der Waals surface area contributed by atoms with Crippen LogP contribution in [0.2, 0.25) is 0 Å². The first-order valence-corrected chi connectivity index (χ1v) is 7.83. The zero-order valence-electron chi connectivity index (χ0n) is 11.1. The van der Waals surface area contributed by atoms with Crippen molar-refractivity contribution in [2.24, 2.45) is 0 Å². The summed E-state index contributed by atoms with van der Waals surface area (Å²) in [5.41, 5.74) is 1.30. The Kier molecular flexibility index (Phi) is 3.76. The molecule has 0 bridgehead atoms. The van der Waals surface area contributed by atoms with E-state index in [0.717, 1.165) is 21.8 Å². The number of carbonyl (C=O) groups excluding carboxylic acids is 2. The number of hydrogen-bond donors (Lipinski definition) is 1. The summed E-state index contributed by atoms with van der Waals surface area (Å²) >= 11 is 2.92. The van der Waals surface area contributed by atoms with E-state index in [1.807, 2.05) is 35.8 Å². The van der Waals surface area contributed by atoms with Gasteiger partial charge in [0, 0.05) is 29.1 Å². The molecule has 1 N–H and O–H groups in total. The number of anilines is 1. The maximum atomic E-state index is 11.2. The Morgan fingerprint density at radius 1 is 1.38 bits per heavy atom. The number of thiazole rings is 1. The van der Waals surface area contributed by atoms with Crippen LogP contribution in [0.4, 0.5) is 5.69 Å². The molecule has 0 radical (unpaired) electrons. The molecule has 0 aliphatic rings. The van der Waals surface area contributed by atoms with Crippen LogP contribution in [0.3, 0.4) is 0 Å². The highest BCUT2D eigenvalue weighted by Crippen LogP contribution is 2.31. The van der Waals surface area contributed by atoms with Crippen molar-refractivity contribution in [3.8, 4) is 0 Å². The number of fused-ring (bicyclic) bond motifs is 1. The molecule has 0 aliphatic carbocycles. The molecule has 0 saturated heterocycles. The van der Waals surface area contributed by atoms with Gasteiger partial charge < -0.3 is 5.32 Å². The molecule has 2 aromatic heterocycles. The molecule has 0 unspecified atom stereocenters. The van der Waals surface area contributed by atoms with Gasteiger partial charge in [-0.3, -0.25) is 14.0 Å². The maximum Gasteiger partial charge on any atom is 0.221 e. The topological polar surface area (TPSA) is 63.5 Å². The number of hydrogen-bond acceptors (Lipinski definition) is 5. The van der Waals surface area contributed by atoms with Gasteiger partial charge in [-0.1, -0.05) is 11.8 Å². The summed E-state index contributed by atoms with van der Waals surface area (Å²) in [6.07, 6.45) is 2.65. The van der Waals surface area contributed by atoms with E-state index >= 15 is 0 Å². The van der Waals surface area contributed by atoms with E-state index in [0.29, 0.717) is 10.7 Å². The first kappa shape index (κ1) is 13.8. The Bertz CT molecular complexity index is 805. The van der Waals surface area contributed by atoms with Gasteiger partial charge in [-0.2, -0.15) is 0 Å². The highest BCUT2D eigenvalue weighted by atomic mass is 32.2. The minimum Gasteiger partial charge on any atom is -0.326 e. The maximum absolute atomic E-state index is 11.2.